The number of aliphatic hydroxyl groups is 1. The fraction of sp³-hybridized carbons (Fsp3) is 0.143. The van der Waals surface area contributed by atoms with E-state index in [2.05, 4.69) is 4.89 Å². The molecule has 5 heteroatoms. The third-order valence-corrected chi connectivity index (χ3v) is 3.10. The Morgan fingerprint density at radius 2 is 1.89 bits per heavy atom. The van der Waals surface area contributed by atoms with Crippen LogP contribution in [0, 0.1) is 5.92 Å². The van der Waals surface area contributed by atoms with Gasteiger partial charge in [-0.1, -0.05) is 0 Å². The van der Waals surface area contributed by atoms with Crippen LogP contribution < -0.4 is 4.89 Å². The molecule has 1 aliphatic heterocycles. The van der Waals surface area contributed by atoms with Crippen molar-refractivity contribution >= 4 is 5.76 Å². The van der Waals surface area contributed by atoms with Crippen LogP contribution in [-0.4, -0.2) is 17.5 Å². The maximum Gasteiger partial charge on any atom is 0.199 e. The number of allylic oxidation sites excluding steroid dienone is 1. The van der Waals surface area contributed by atoms with Gasteiger partial charge in [-0.2, -0.15) is 0 Å². The fourth-order valence-corrected chi connectivity index (χ4v) is 2.19. The summed E-state index contributed by atoms with van der Waals surface area (Å²) in [4.78, 5) is 4.12. The molecule has 0 aromatic heterocycles. The first kappa shape index (κ1) is 11.7. The second kappa shape index (κ2) is 4.37. The largest absolute Gasteiger partial charge is 0.504 e. The standard InChI is InChI=1S/C14H12O5/c1-17-14-11(15)6-9-7-12(18-13(9)14)8-2-4-10(19-16)5-3-8/h2-7,9,15-16H,1H3. The van der Waals surface area contributed by atoms with Gasteiger partial charge in [-0.05, 0) is 36.4 Å². The molecule has 1 aromatic rings. The quantitative estimate of drug-likeness (QED) is 0.646. The Hall–Kier alpha value is -2.40. The molecule has 0 bridgehead atoms. The van der Waals surface area contributed by atoms with Gasteiger partial charge in [0.1, 0.15) is 5.76 Å². The van der Waals surface area contributed by atoms with E-state index in [1.165, 1.54) is 7.11 Å². The average molecular weight is 260 g/mol. The predicted octanol–water partition coefficient (Wildman–Crippen LogP) is 2.84. The van der Waals surface area contributed by atoms with Gasteiger partial charge in [-0.3, -0.25) is 0 Å². The first-order chi connectivity index (χ1) is 9.22. The number of fused-ring (bicyclic) bond motifs is 1. The van der Waals surface area contributed by atoms with Crippen molar-refractivity contribution < 1.29 is 24.7 Å². The number of methoxy groups -OCH3 is 1. The lowest BCUT2D eigenvalue weighted by atomic mass is 10.1. The minimum atomic E-state index is -0.0984. The van der Waals surface area contributed by atoms with Crippen molar-refractivity contribution in [1.29, 1.82) is 0 Å². The summed E-state index contributed by atoms with van der Waals surface area (Å²) >= 11 is 0. The van der Waals surface area contributed by atoms with Crippen LogP contribution in [-0.2, 0) is 9.47 Å². The van der Waals surface area contributed by atoms with Gasteiger partial charge in [0.05, 0.1) is 13.0 Å². The molecule has 0 amide bonds. The molecule has 1 aromatic carbocycles. The lowest BCUT2D eigenvalue weighted by Crippen LogP contribution is -1.95. The lowest BCUT2D eigenvalue weighted by Gasteiger charge is -2.08. The number of benzene rings is 1. The molecule has 0 fully saturated rings. The van der Waals surface area contributed by atoms with Crippen LogP contribution in [0.4, 0.5) is 0 Å². The van der Waals surface area contributed by atoms with Crippen LogP contribution in [0.1, 0.15) is 5.56 Å². The van der Waals surface area contributed by atoms with Gasteiger partial charge in [0.2, 0.25) is 0 Å². The van der Waals surface area contributed by atoms with Crippen molar-refractivity contribution in [1.82, 2.24) is 0 Å². The van der Waals surface area contributed by atoms with Crippen molar-refractivity contribution in [2.24, 2.45) is 5.92 Å². The van der Waals surface area contributed by atoms with E-state index in [4.69, 9.17) is 14.7 Å². The Morgan fingerprint density at radius 3 is 2.53 bits per heavy atom. The molecule has 0 radical (unpaired) electrons. The van der Waals surface area contributed by atoms with Crippen molar-refractivity contribution in [2.45, 2.75) is 0 Å². The summed E-state index contributed by atoms with van der Waals surface area (Å²) in [6.07, 6.45) is 3.57. The number of hydrogen-bond acceptors (Lipinski definition) is 5. The van der Waals surface area contributed by atoms with Crippen LogP contribution in [0.5, 0.6) is 5.75 Å². The highest BCUT2D eigenvalue weighted by Crippen LogP contribution is 2.41. The van der Waals surface area contributed by atoms with E-state index in [1.807, 2.05) is 6.08 Å². The van der Waals surface area contributed by atoms with Crippen LogP contribution in [0.2, 0.25) is 0 Å². The molecule has 0 saturated carbocycles. The van der Waals surface area contributed by atoms with Gasteiger partial charge in [0.15, 0.2) is 23.0 Å². The van der Waals surface area contributed by atoms with E-state index in [-0.39, 0.29) is 11.7 Å². The Bertz CT molecular complexity index is 595. The fourth-order valence-electron chi connectivity index (χ4n) is 2.19. The summed E-state index contributed by atoms with van der Waals surface area (Å²) < 4.78 is 10.8. The van der Waals surface area contributed by atoms with Gasteiger partial charge in [0.25, 0.3) is 0 Å². The Labute approximate surface area is 109 Å². The molecule has 0 saturated heterocycles. The first-order valence-corrected chi connectivity index (χ1v) is 5.73. The predicted molar refractivity (Wildman–Crippen MR) is 67.0 cm³/mol. The third-order valence-electron chi connectivity index (χ3n) is 3.10. The zero-order valence-corrected chi connectivity index (χ0v) is 10.2. The SMILES string of the molecule is COC1=C2OC(c3ccc(OO)cc3)=CC2C=C1O. The van der Waals surface area contributed by atoms with E-state index in [0.29, 0.717) is 23.0 Å². The molecule has 1 aliphatic carbocycles. The van der Waals surface area contributed by atoms with Crippen LogP contribution in [0.15, 0.2) is 53.7 Å². The van der Waals surface area contributed by atoms with Gasteiger partial charge in [0, 0.05) is 5.56 Å². The topological polar surface area (TPSA) is 68.2 Å². The number of aliphatic hydroxyl groups excluding tert-OH is 1. The monoisotopic (exact) mass is 260 g/mol. The normalized spacial score (nSPS) is 20.6. The molecule has 2 aliphatic rings. The first-order valence-electron chi connectivity index (χ1n) is 5.73. The summed E-state index contributed by atoms with van der Waals surface area (Å²) in [5, 5.41) is 18.2. The summed E-state index contributed by atoms with van der Waals surface area (Å²) in [5.74, 6) is 2.00. The van der Waals surface area contributed by atoms with Crippen LogP contribution in [0.3, 0.4) is 0 Å². The maximum atomic E-state index is 9.64. The van der Waals surface area contributed by atoms with Crippen molar-refractivity contribution in [3.05, 3.63) is 59.3 Å². The zero-order valence-electron chi connectivity index (χ0n) is 10.2. The highest BCUT2D eigenvalue weighted by molar-refractivity contribution is 5.66. The second-order valence-electron chi connectivity index (χ2n) is 4.22. The molecule has 5 nitrogen and oxygen atoms in total. The molecule has 1 atom stereocenters. The third kappa shape index (κ3) is 1.84. The molecule has 98 valence electrons. The molecule has 2 N–H and O–H groups in total. The average Bonchev–Trinajstić information content (AvgIpc) is 2.95. The Balaban J connectivity index is 1.90. The van der Waals surface area contributed by atoms with Gasteiger partial charge < -0.3 is 19.5 Å². The van der Waals surface area contributed by atoms with E-state index < -0.39 is 0 Å². The maximum absolute atomic E-state index is 9.64. The molecule has 1 unspecified atom stereocenters. The Kier molecular flexibility index (Phi) is 2.68. The molecule has 3 rings (SSSR count). The van der Waals surface area contributed by atoms with Crippen LogP contribution in [0.25, 0.3) is 5.76 Å². The smallest absolute Gasteiger partial charge is 0.199 e. The number of ether oxygens (including phenoxy) is 2. The molecule has 1 heterocycles. The number of hydrogen-bond donors (Lipinski definition) is 2. The van der Waals surface area contributed by atoms with E-state index >= 15 is 0 Å². The molecular weight excluding hydrogens is 248 g/mol. The van der Waals surface area contributed by atoms with E-state index in [0.717, 1.165) is 5.56 Å². The zero-order chi connectivity index (χ0) is 13.4. The molecular formula is C14H12O5. The van der Waals surface area contributed by atoms with Crippen LogP contribution >= 0.6 is 0 Å². The van der Waals surface area contributed by atoms with Crippen molar-refractivity contribution in [2.75, 3.05) is 7.11 Å². The van der Waals surface area contributed by atoms with Crippen molar-refractivity contribution in [3.63, 3.8) is 0 Å². The Morgan fingerprint density at radius 1 is 1.16 bits per heavy atom. The summed E-state index contributed by atoms with van der Waals surface area (Å²) in [6, 6.07) is 6.81. The van der Waals surface area contributed by atoms with Gasteiger partial charge in [-0.25, -0.2) is 5.26 Å². The molecule has 0 spiro atoms. The second-order valence-corrected chi connectivity index (χ2v) is 4.22. The highest BCUT2D eigenvalue weighted by Gasteiger charge is 2.34. The van der Waals surface area contributed by atoms with Gasteiger partial charge in [-0.15, -0.1) is 0 Å². The van der Waals surface area contributed by atoms with E-state index in [1.54, 1.807) is 30.3 Å². The summed E-state index contributed by atoms with van der Waals surface area (Å²) in [7, 11) is 1.49. The molecule has 19 heavy (non-hydrogen) atoms. The van der Waals surface area contributed by atoms with E-state index in [9.17, 15) is 5.11 Å². The van der Waals surface area contributed by atoms with Crippen molar-refractivity contribution in [3.8, 4) is 5.75 Å². The minimum Gasteiger partial charge on any atom is -0.504 e. The van der Waals surface area contributed by atoms with Gasteiger partial charge >= 0.3 is 0 Å². The highest BCUT2D eigenvalue weighted by atomic mass is 17.1. The minimum absolute atomic E-state index is 0.0984. The number of rotatable bonds is 3. The lowest BCUT2D eigenvalue weighted by molar-refractivity contribution is -0.137. The summed E-state index contributed by atoms with van der Waals surface area (Å²) in [6.45, 7) is 0. The summed E-state index contributed by atoms with van der Waals surface area (Å²) in [5.41, 5.74) is 0.853.